The summed E-state index contributed by atoms with van der Waals surface area (Å²) in [5, 5.41) is 10.1. The molecular weight excluding hydrogens is 404 g/mol. The van der Waals surface area contributed by atoms with Gasteiger partial charge >= 0.3 is 5.97 Å². The van der Waals surface area contributed by atoms with E-state index >= 15 is 0 Å². The maximum absolute atomic E-state index is 12.1. The van der Waals surface area contributed by atoms with Crippen molar-refractivity contribution in [3.8, 4) is 5.75 Å². The van der Waals surface area contributed by atoms with Crippen LogP contribution in [0.25, 0.3) is 11.0 Å². The lowest BCUT2D eigenvalue weighted by molar-refractivity contribution is -0.128. The van der Waals surface area contributed by atoms with Crippen molar-refractivity contribution in [2.45, 2.75) is 59.8 Å². The Labute approximate surface area is 189 Å². The van der Waals surface area contributed by atoms with Crippen LogP contribution in [0.3, 0.4) is 0 Å². The van der Waals surface area contributed by atoms with Gasteiger partial charge in [0.1, 0.15) is 23.7 Å². The minimum Gasteiger partial charge on any atom is -0.486 e. The smallest absolute Gasteiger partial charge is 0.335 e. The Hall–Kier alpha value is -3.08. The fourth-order valence-corrected chi connectivity index (χ4v) is 3.71. The summed E-state index contributed by atoms with van der Waals surface area (Å²) in [6.45, 7) is 9.95. The predicted molar refractivity (Wildman–Crippen MR) is 126 cm³/mol. The van der Waals surface area contributed by atoms with Crippen LogP contribution in [-0.4, -0.2) is 23.5 Å². The molecule has 0 spiro atoms. The normalized spacial score (nSPS) is 12.7. The van der Waals surface area contributed by atoms with Crippen molar-refractivity contribution in [3.63, 3.8) is 0 Å². The maximum Gasteiger partial charge on any atom is 0.335 e. The first-order valence-electron chi connectivity index (χ1n) is 11.1. The molecule has 3 aromatic rings. The van der Waals surface area contributed by atoms with Gasteiger partial charge < -0.3 is 14.3 Å². The van der Waals surface area contributed by atoms with Gasteiger partial charge in [-0.05, 0) is 61.1 Å². The lowest BCUT2D eigenvalue weighted by atomic mass is 9.90. The molecule has 170 valence electrons. The van der Waals surface area contributed by atoms with E-state index in [0.29, 0.717) is 11.5 Å². The van der Waals surface area contributed by atoms with Crippen LogP contribution in [0.5, 0.6) is 5.75 Å². The summed E-state index contributed by atoms with van der Waals surface area (Å²) in [7, 11) is 0. The molecule has 0 saturated carbocycles. The van der Waals surface area contributed by atoms with E-state index in [0.717, 1.165) is 41.7 Å². The Morgan fingerprint density at radius 2 is 1.84 bits per heavy atom. The highest BCUT2D eigenvalue weighted by molar-refractivity contribution is 5.92. The largest absolute Gasteiger partial charge is 0.486 e. The number of fused-ring (bicyclic) bond motifs is 1. The van der Waals surface area contributed by atoms with Gasteiger partial charge in [-0.3, -0.25) is 4.79 Å². The zero-order valence-electron chi connectivity index (χ0n) is 19.5. The monoisotopic (exact) mass is 436 g/mol. The van der Waals surface area contributed by atoms with E-state index in [4.69, 9.17) is 14.3 Å². The molecule has 32 heavy (non-hydrogen) atoms. The summed E-state index contributed by atoms with van der Waals surface area (Å²) in [5.74, 6) is 1.09. The van der Waals surface area contributed by atoms with Gasteiger partial charge in [-0.25, -0.2) is 4.79 Å². The fourth-order valence-electron chi connectivity index (χ4n) is 3.71. The van der Waals surface area contributed by atoms with Gasteiger partial charge in [0.15, 0.2) is 5.78 Å². The number of furan rings is 1. The minimum atomic E-state index is -0.957. The number of aryl methyl sites for hydroxylation is 2. The Morgan fingerprint density at radius 1 is 1.09 bits per heavy atom. The molecule has 0 aliphatic heterocycles. The maximum atomic E-state index is 12.1. The van der Waals surface area contributed by atoms with E-state index < -0.39 is 11.4 Å². The van der Waals surface area contributed by atoms with Gasteiger partial charge in [-0.2, -0.15) is 0 Å². The fraction of sp³-hybridized carbons (Fsp3) is 0.407. The van der Waals surface area contributed by atoms with Crippen molar-refractivity contribution in [2.24, 2.45) is 5.41 Å². The van der Waals surface area contributed by atoms with Crippen LogP contribution in [0.2, 0.25) is 0 Å². The molecule has 5 nitrogen and oxygen atoms in total. The molecule has 0 fully saturated rings. The van der Waals surface area contributed by atoms with E-state index in [1.807, 2.05) is 39.8 Å². The van der Waals surface area contributed by atoms with Crippen molar-refractivity contribution in [1.82, 2.24) is 0 Å². The molecule has 1 aromatic heterocycles. The van der Waals surface area contributed by atoms with E-state index in [-0.39, 0.29) is 18.0 Å². The van der Waals surface area contributed by atoms with E-state index in [1.54, 1.807) is 18.2 Å². The molecule has 0 aliphatic carbocycles. The summed E-state index contributed by atoms with van der Waals surface area (Å²) in [6, 6.07) is 13.1. The molecule has 0 radical (unpaired) electrons. The third-order valence-electron chi connectivity index (χ3n) is 5.92. The molecule has 0 saturated heterocycles. The highest BCUT2D eigenvalue weighted by Crippen LogP contribution is 2.31. The third-order valence-corrected chi connectivity index (χ3v) is 5.92. The van der Waals surface area contributed by atoms with Crippen LogP contribution >= 0.6 is 0 Å². The predicted octanol–water partition coefficient (Wildman–Crippen LogP) is 6.56. The third kappa shape index (κ3) is 5.58. The Balaban J connectivity index is 1.66. The van der Waals surface area contributed by atoms with Crippen LogP contribution in [0.4, 0.5) is 0 Å². The van der Waals surface area contributed by atoms with Crippen LogP contribution in [0.1, 0.15) is 73.7 Å². The number of rotatable bonds is 9. The zero-order valence-corrected chi connectivity index (χ0v) is 19.5. The van der Waals surface area contributed by atoms with Gasteiger partial charge in [0.2, 0.25) is 0 Å². The number of benzene rings is 2. The zero-order chi connectivity index (χ0) is 23.5. The number of ketones is 1. The van der Waals surface area contributed by atoms with Crippen LogP contribution < -0.4 is 4.74 Å². The molecule has 5 heteroatoms. The first-order valence-corrected chi connectivity index (χ1v) is 11.1. The number of carboxylic acid groups (broad SMARTS) is 1. The number of hydrogen-bond donors (Lipinski definition) is 1. The molecule has 1 atom stereocenters. The first kappa shape index (κ1) is 23.6. The van der Waals surface area contributed by atoms with Crippen LogP contribution in [-0.2, 0) is 11.2 Å². The highest BCUT2D eigenvalue weighted by Gasteiger charge is 2.22. The van der Waals surface area contributed by atoms with Gasteiger partial charge in [-0.1, -0.05) is 45.9 Å². The van der Waals surface area contributed by atoms with Gasteiger partial charge in [0, 0.05) is 17.2 Å². The second-order valence-electron chi connectivity index (χ2n) is 9.40. The lowest BCUT2D eigenvalue weighted by Gasteiger charge is -2.19. The van der Waals surface area contributed by atoms with E-state index in [9.17, 15) is 9.59 Å². The van der Waals surface area contributed by atoms with Crippen LogP contribution in [0.15, 0.2) is 46.9 Å². The Kier molecular flexibility index (Phi) is 7.07. The molecule has 3 rings (SSSR count). The Morgan fingerprint density at radius 3 is 2.47 bits per heavy atom. The number of ether oxygens (including phenoxy) is 1. The second kappa shape index (κ2) is 9.60. The van der Waals surface area contributed by atoms with Gasteiger partial charge in [0.05, 0.1) is 5.56 Å². The molecule has 0 bridgehead atoms. The van der Waals surface area contributed by atoms with E-state index in [1.165, 1.54) is 5.56 Å². The molecule has 2 aromatic carbocycles. The quantitative estimate of drug-likeness (QED) is 0.411. The summed E-state index contributed by atoms with van der Waals surface area (Å²) in [5.41, 5.74) is 2.69. The van der Waals surface area contributed by atoms with Crippen molar-refractivity contribution in [1.29, 1.82) is 0 Å². The van der Waals surface area contributed by atoms with Crippen molar-refractivity contribution in [2.75, 3.05) is 6.61 Å². The summed E-state index contributed by atoms with van der Waals surface area (Å²) >= 11 is 0. The average Bonchev–Trinajstić information content (AvgIpc) is 3.14. The molecule has 0 amide bonds. The number of carbonyl (C=O) groups excluding carboxylic acids is 1. The van der Waals surface area contributed by atoms with Crippen LogP contribution in [0, 0.1) is 12.3 Å². The highest BCUT2D eigenvalue weighted by atomic mass is 16.5. The molecule has 1 unspecified atom stereocenters. The van der Waals surface area contributed by atoms with Gasteiger partial charge in [0.25, 0.3) is 0 Å². The number of hydrogen-bond acceptors (Lipinski definition) is 4. The molecule has 1 heterocycles. The molecular formula is C27H32O5. The number of carbonyl (C=O) groups is 2. The standard InChI is InChI=1S/C27H32O5/c1-6-18(9-11-22-14-20-7-8-21(26(29)30)15-24(20)32-22)19-10-12-23(17(2)13-19)31-16-25(28)27(3,4)5/h7-8,10,12-15,18H,6,9,11,16H2,1-5H3,(H,29,30). The van der Waals surface area contributed by atoms with Crippen molar-refractivity contribution < 1.29 is 23.8 Å². The Bertz CT molecular complexity index is 1120. The molecule has 0 aliphatic rings. The van der Waals surface area contributed by atoms with Crippen molar-refractivity contribution in [3.05, 3.63) is 64.9 Å². The summed E-state index contributed by atoms with van der Waals surface area (Å²) in [4.78, 5) is 23.3. The second-order valence-corrected chi connectivity index (χ2v) is 9.40. The SMILES string of the molecule is CCC(CCc1cc2ccc(C(=O)O)cc2o1)c1ccc(OCC(=O)C(C)(C)C)c(C)c1. The average molecular weight is 437 g/mol. The number of Topliss-reactive ketones (excluding diaryl/α,β-unsaturated/α-hetero) is 1. The number of aromatic carboxylic acids is 1. The van der Waals surface area contributed by atoms with Gasteiger partial charge in [-0.15, -0.1) is 0 Å². The minimum absolute atomic E-state index is 0.0775. The topological polar surface area (TPSA) is 76.7 Å². The van der Waals surface area contributed by atoms with E-state index in [2.05, 4.69) is 19.1 Å². The van der Waals surface area contributed by atoms with Crippen molar-refractivity contribution >= 4 is 22.7 Å². The molecule has 1 N–H and O–H groups in total. The lowest BCUT2D eigenvalue weighted by Crippen LogP contribution is -2.26. The first-order chi connectivity index (χ1) is 15.1. The number of carboxylic acids is 1. The summed E-state index contributed by atoms with van der Waals surface area (Å²) in [6.07, 6.45) is 2.68. The summed E-state index contributed by atoms with van der Waals surface area (Å²) < 4.78 is 11.7.